The summed E-state index contributed by atoms with van der Waals surface area (Å²) >= 11 is 3.07. The molecule has 100 valence electrons. The lowest BCUT2D eigenvalue weighted by molar-refractivity contribution is -0.132. The average molecular weight is 309 g/mol. The minimum Gasteiger partial charge on any atom is -0.443 e. The highest BCUT2D eigenvalue weighted by Gasteiger charge is 2.21. The summed E-state index contributed by atoms with van der Waals surface area (Å²) in [6, 6.07) is 0. The molecule has 0 bridgehead atoms. The molecule has 1 N–H and O–H groups in total. The summed E-state index contributed by atoms with van der Waals surface area (Å²) in [5, 5.41) is 1.43. The Hall–Kier alpha value is -0.780. The van der Waals surface area contributed by atoms with E-state index >= 15 is 0 Å². The lowest BCUT2D eigenvalue weighted by Crippen LogP contribution is -2.49. The number of carbonyl (C=O) groups excluding carboxylic acids is 2. The molecule has 0 saturated heterocycles. The summed E-state index contributed by atoms with van der Waals surface area (Å²) in [5.41, 5.74) is 1.87. The van der Waals surface area contributed by atoms with E-state index in [0.717, 1.165) is 0 Å². The van der Waals surface area contributed by atoms with Gasteiger partial charge in [-0.3, -0.25) is 9.80 Å². The lowest BCUT2D eigenvalue weighted by Gasteiger charge is -2.26. The van der Waals surface area contributed by atoms with Crippen LogP contribution < -0.4 is 5.43 Å². The number of hydrazine groups is 1. The topological polar surface area (TPSA) is 58.6 Å². The number of rotatable bonds is 3. The maximum atomic E-state index is 11.6. The minimum absolute atomic E-state index is 0.162. The maximum Gasteiger partial charge on any atom is 0.426 e. The molecule has 0 aromatic carbocycles. The van der Waals surface area contributed by atoms with Crippen LogP contribution in [0.2, 0.25) is 0 Å². The molecule has 0 unspecified atom stereocenters. The SMILES string of the molecule is CC(C)CN(NC(=O)OC(C)(C)C)C(=O)CBr. The molecule has 2 amide bonds. The summed E-state index contributed by atoms with van der Waals surface area (Å²) in [5.74, 6) is 0.0532. The summed E-state index contributed by atoms with van der Waals surface area (Å²) in [6.45, 7) is 9.68. The first-order valence-electron chi connectivity index (χ1n) is 5.51. The summed E-state index contributed by atoms with van der Waals surface area (Å²) < 4.78 is 5.09. The van der Waals surface area contributed by atoms with E-state index in [-0.39, 0.29) is 17.2 Å². The van der Waals surface area contributed by atoms with Gasteiger partial charge >= 0.3 is 6.09 Å². The standard InChI is InChI=1S/C11H21BrN2O3/c1-8(2)7-14(9(15)6-12)13-10(16)17-11(3,4)5/h8H,6-7H2,1-5H3,(H,13,16). The molecule has 0 aliphatic rings. The molecular weight excluding hydrogens is 288 g/mol. The number of nitrogens with one attached hydrogen (secondary N) is 1. The van der Waals surface area contributed by atoms with Gasteiger partial charge < -0.3 is 4.74 Å². The number of carbonyl (C=O) groups is 2. The molecule has 0 heterocycles. The third kappa shape index (κ3) is 8.01. The van der Waals surface area contributed by atoms with Crippen molar-refractivity contribution >= 4 is 27.9 Å². The molecule has 0 radical (unpaired) electrons. The molecule has 6 heteroatoms. The molecule has 5 nitrogen and oxygen atoms in total. The molecule has 0 atom stereocenters. The van der Waals surface area contributed by atoms with Gasteiger partial charge in [-0.05, 0) is 26.7 Å². The maximum absolute atomic E-state index is 11.6. The fourth-order valence-electron chi connectivity index (χ4n) is 1.06. The van der Waals surface area contributed by atoms with Crippen LogP contribution in [0.3, 0.4) is 0 Å². The van der Waals surface area contributed by atoms with Gasteiger partial charge in [-0.1, -0.05) is 29.8 Å². The Morgan fingerprint density at radius 1 is 1.35 bits per heavy atom. The Kier molecular flexibility index (Phi) is 6.52. The van der Waals surface area contributed by atoms with Crippen molar-refractivity contribution in [3.05, 3.63) is 0 Å². The lowest BCUT2D eigenvalue weighted by atomic mass is 10.2. The summed E-state index contributed by atoms with van der Waals surface area (Å²) in [7, 11) is 0. The molecule has 0 aliphatic carbocycles. The largest absolute Gasteiger partial charge is 0.443 e. The van der Waals surface area contributed by atoms with Crippen molar-refractivity contribution in [3.8, 4) is 0 Å². The van der Waals surface area contributed by atoms with Crippen molar-refractivity contribution in [2.45, 2.75) is 40.2 Å². The van der Waals surface area contributed by atoms with Gasteiger partial charge in [0.25, 0.3) is 5.91 Å². The van der Waals surface area contributed by atoms with Gasteiger partial charge in [0.1, 0.15) is 5.60 Å². The molecule has 0 saturated carbocycles. The number of halogens is 1. The second kappa shape index (κ2) is 6.83. The van der Waals surface area contributed by atoms with Crippen LogP contribution in [-0.2, 0) is 9.53 Å². The number of ether oxygens (including phenoxy) is 1. The third-order valence-electron chi connectivity index (χ3n) is 1.59. The van der Waals surface area contributed by atoms with Gasteiger partial charge in [-0.15, -0.1) is 0 Å². The van der Waals surface area contributed by atoms with Crippen LogP contribution in [0.15, 0.2) is 0 Å². The van der Waals surface area contributed by atoms with Gasteiger partial charge in [0.2, 0.25) is 0 Å². The van der Waals surface area contributed by atoms with Crippen LogP contribution in [0.5, 0.6) is 0 Å². The van der Waals surface area contributed by atoms with Crippen molar-refractivity contribution < 1.29 is 14.3 Å². The zero-order chi connectivity index (χ0) is 13.6. The highest BCUT2D eigenvalue weighted by atomic mass is 79.9. The molecule has 0 aromatic rings. The zero-order valence-corrected chi connectivity index (χ0v) is 12.6. The molecule has 0 rings (SSSR count). The molecular formula is C11H21BrN2O3. The molecule has 0 spiro atoms. The normalized spacial score (nSPS) is 11.2. The van der Waals surface area contributed by atoms with E-state index in [2.05, 4.69) is 21.4 Å². The van der Waals surface area contributed by atoms with E-state index in [9.17, 15) is 9.59 Å². The van der Waals surface area contributed by atoms with Crippen LogP contribution in [0.1, 0.15) is 34.6 Å². The van der Waals surface area contributed by atoms with Crippen molar-refractivity contribution in [3.63, 3.8) is 0 Å². The Morgan fingerprint density at radius 2 is 1.88 bits per heavy atom. The van der Waals surface area contributed by atoms with Crippen LogP contribution >= 0.6 is 15.9 Å². The van der Waals surface area contributed by atoms with Gasteiger partial charge in [0.05, 0.1) is 5.33 Å². The predicted molar refractivity (Wildman–Crippen MR) is 69.7 cm³/mol. The Balaban J connectivity index is 4.43. The van der Waals surface area contributed by atoms with Crippen LogP contribution in [0.25, 0.3) is 0 Å². The van der Waals surface area contributed by atoms with E-state index in [1.165, 1.54) is 5.01 Å². The fraction of sp³-hybridized carbons (Fsp3) is 0.818. The second-order valence-corrected chi connectivity index (χ2v) is 5.71. The number of hydrogen-bond acceptors (Lipinski definition) is 3. The van der Waals surface area contributed by atoms with Gasteiger partial charge in [-0.2, -0.15) is 0 Å². The van der Waals surface area contributed by atoms with E-state index in [1.807, 2.05) is 13.8 Å². The highest BCUT2D eigenvalue weighted by Crippen LogP contribution is 2.07. The van der Waals surface area contributed by atoms with Gasteiger partial charge in [0, 0.05) is 6.54 Å². The van der Waals surface area contributed by atoms with Crippen LogP contribution in [0, 0.1) is 5.92 Å². The number of nitrogens with zero attached hydrogens (tertiary/aromatic N) is 1. The van der Waals surface area contributed by atoms with E-state index in [0.29, 0.717) is 6.54 Å². The van der Waals surface area contributed by atoms with Crippen molar-refractivity contribution in [2.24, 2.45) is 5.92 Å². The smallest absolute Gasteiger partial charge is 0.426 e. The van der Waals surface area contributed by atoms with Crippen LogP contribution in [-0.4, -0.2) is 34.5 Å². The van der Waals surface area contributed by atoms with Gasteiger partial charge in [0.15, 0.2) is 0 Å². The quantitative estimate of drug-likeness (QED) is 0.643. The predicted octanol–water partition coefficient (Wildman–Crippen LogP) is 2.31. The molecule has 0 fully saturated rings. The Bertz CT molecular complexity index is 274. The molecule has 0 aromatic heterocycles. The Morgan fingerprint density at radius 3 is 2.24 bits per heavy atom. The average Bonchev–Trinajstić information content (AvgIpc) is 2.11. The fourth-order valence-corrected chi connectivity index (χ4v) is 1.36. The first kappa shape index (κ1) is 16.2. The van der Waals surface area contributed by atoms with Crippen LogP contribution in [0.4, 0.5) is 4.79 Å². The number of amides is 2. The second-order valence-electron chi connectivity index (χ2n) is 5.15. The first-order chi connectivity index (χ1) is 7.65. The first-order valence-corrected chi connectivity index (χ1v) is 6.64. The van der Waals surface area contributed by atoms with Crippen molar-refractivity contribution in [1.82, 2.24) is 10.4 Å². The van der Waals surface area contributed by atoms with Crippen molar-refractivity contribution in [2.75, 3.05) is 11.9 Å². The number of hydrogen-bond donors (Lipinski definition) is 1. The molecule has 0 aliphatic heterocycles. The van der Waals surface area contributed by atoms with Crippen molar-refractivity contribution in [1.29, 1.82) is 0 Å². The third-order valence-corrected chi connectivity index (χ3v) is 2.07. The summed E-state index contributed by atoms with van der Waals surface area (Å²) in [4.78, 5) is 23.1. The number of alkyl halides is 1. The highest BCUT2D eigenvalue weighted by molar-refractivity contribution is 9.09. The van der Waals surface area contributed by atoms with E-state index in [1.54, 1.807) is 20.8 Å². The molecule has 17 heavy (non-hydrogen) atoms. The minimum atomic E-state index is -0.618. The summed E-state index contributed by atoms with van der Waals surface area (Å²) in [6.07, 6.45) is -0.618. The van der Waals surface area contributed by atoms with Gasteiger partial charge in [-0.25, -0.2) is 10.2 Å². The van der Waals surface area contributed by atoms with E-state index in [4.69, 9.17) is 4.74 Å². The van der Waals surface area contributed by atoms with E-state index < -0.39 is 11.7 Å². The Labute approximate surface area is 111 Å². The zero-order valence-electron chi connectivity index (χ0n) is 11.0. The monoisotopic (exact) mass is 308 g/mol.